The van der Waals surface area contributed by atoms with Crippen molar-refractivity contribution in [3.05, 3.63) is 34.8 Å². The van der Waals surface area contributed by atoms with Gasteiger partial charge >= 0.3 is 0 Å². The van der Waals surface area contributed by atoms with Crippen molar-refractivity contribution in [2.24, 2.45) is 0 Å². The van der Waals surface area contributed by atoms with Gasteiger partial charge in [-0.1, -0.05) is 11.2 Å². The number of rotatable bonds is 7. The normalized spacial score (nSPS) is 10.8. The van der Waals surface area contributed by atoms with Crippen LogP contribution in [0.15, 0.2) is 28.1 Å². The molecule has 0 aliphatic rings. The summed E-state index contributed by atoms with van der Waals surface area (Å²) in [6, 6.07) is 5.51. The number of hydrogen-bond donors (Lipinski definition) is 2. The first-order valence-electron chi connectivity index (χ1n) is 7.95. The first kappa shape index (κ1) is 18.0. The van der Waals surface area contributed by atoms with E-state index in [1.54, 1.807) is 20.1 Å². The zero-order valence-electron chi connectivity index (χ0n) is 14.4. The fourth-order valence-electron chi connectivity index (χ4n) is 2.44. The van der Waals surface area contributed by atoms with Crippen LogP contribution in [0.2, 0.25) is 0 Å². The van der Waals surface area contributed by atoms with Crippen molar-refractivity contribution < 1.29 is 18.8 Å². The number of aromatic nitrogens is 2. The van der Waals surface area contributed by atoms with Gasteiger partial charge in [-0.05, 0) is 24.4 Å². The van der Waals surface area contributed by atoms with Crippen LogP contribution in [0.4, 0.5) is 0 Å². The maximum atomic E-state index is 12.7. The van der Waals surface area contributed by atoms with E-state index in [9.17, 15) is 9.59 Å². The van der Waals surface area contributed by atoms with E-state index in [2.05, 4.69) is 20.8 Å². The second kappa shape index (κ2) is 8.07. The molecule has 0 aliphatic heterocycles. The molecule has 0 atom stereocenters. The van der Waals surface area contributed by atoms with E-state index < -0.39 is 0 Å². The smallest absolute Gasteiger partial charge is 0.259 e. The molecule has 2 amide bonds. The SMILES string of the molecule is COCCNC(=O)CNC(=O)c1cc(-c2cccs2)nc2onc(C)c12. The number of carbonyl (C=O) groups is 2. The molecule has 0 aromatic carbocycles. The van der Waals surface area contributed by atoms with Gasteiger partial charge in [0.1, 0.15) is 0 Å². The van der Waals surface area contributed by atoms with Crippen LogP contribution >= 0.6 is 11.3 Å². The van der Waals surface area contributed by atoms with Crippen molar-refractivity contribution in [2.45, 2.75) is 6.92 Å². The molecule has 136 valence electrons. The zero-order chi connectivity index (χ0) is 18.5. The van der Waals surface area contributed by atoms with Gasteiger partial charge in [0.25, 0.3) is 11.6 Å². The molecule has 0 saturated heterocycles. The molecule has 3 aromatic rings. The largest absolute Gasteiger partial charge is 0.383 e. The number of carbonyl (C=O) groups excluding carboxylic acids is 2. The van der Waals surface area contributed by atoms with Gasteiger partial charge in [-0.25, -0.2) is 4.98 Å². The third kappa shape index (κ3) is 3.89. The molecule has 0 saturated carbocycles. The maximum Gasteiger partial charge on any atom is 0.259 e. The maximum absolute atomic E-state index is 12.7. The van der Waals surface area contributed by atoms with Crippen molar-refractivity contribution in [1.82, 2.24) is 20.8 Å². The summed E-state index contributed by atoms with van der Waals surface area (Å²) in [7, 11) is 1.55. The van der Waals surface area contributed by atoms with Crippen LogP contribution < -0.4 is 10.6 Å². The Hall–Kier alpha value is -2.78. The number of nitrogens with zero attached hydrogens (tertiary/aromatic N) is 2. The van der Waals surface area contributed by atoms with Crippen LogP contribution in [0.25, 0.3) is 21.7 Å². The monoisotopic (exact) mass is 374 g/mol. The Morgan fingerprint density at radius 2 is 2.19 bits per heavy atom. The Balaban J connectivity index is 1.82. The molecule has 8 nitrogen and oxygen atoms in total. The lowest BCUT2D eigenvalue weighted by atomic mass is 10.1. The lowest BCUT2D eigenvalue weighted by Crippen LogP contribution is -2.38. The Morgan fingerprint density at radius 3 is 2.92 bits per heavy atom. The first-order chi connectivity index (χ1) is 12.6. The van der Waals surface area contributed by atoms with E-state index in [0.717, 1.165) is 4.88 Å². The number of aryl methyl sites for hydroxylation is 1. The third-order valence-corrected chi connectivity index (χ3v) is 4.57. The fraction of sp³-hybridized carbons (Fsp3) is 0.294. The summed E-state index contributed by atoms with van der Waals surface area (Å²) in [6.07, 6.45) is 0. The lowest BCUT2D eigenvalue weighted by molar-refractivity contribution is -0.120. The summed E-state index contributed by atoms with van der Waals surface area (Å²) < 4.78 is 10.1. The summed E-state index contributed by atoms with van der Waals surface area (Å²) >= 11 is 1.51. The molecule has 0 aliphatic carbocycles. The van der Waals surface area contributed by atoms with E-state index >= 15 is 0 Å². The summed E-state index contributed by atoms with van der Waals surface area (Å²) in [5.74, 6) is -0.676. The highest BCUT2D eigenvalue weighted by atomic mass is 32.1. The van der Waals surface area contributed by atoms with Crippen molar-refractivity contribution >= 4 is 34.3 Å². The Labute approximate surface area is 153 Å². The zero-order valence-corrected chi connectivity index (χ0v) is 15.2. The third-order valence-electron chi connectivity index (χ3n) is 3.67. The minimum absolute atomic E-state index is 0.134. The standard InChI is InChI=1S/C17H18N4O4S/c1-10-15-11(16(23)19-9-14(22)18-5-6-24-2)8-12(13-4-3-7-26-13)20-17(15)25-21-10/h3-4,7-8H,5-6,9H2,1-2H3,(H,18,22)(H,19,23). The van der Waals surface area contributed by atoms with Crippen LogP contribution in [0.1, 0.15) is 16.1 Å². The van der Waals surface area contributed by atoms with Crippen molar-refractivity contribution in [3.8, 4) is 10.6 Å². The highest BCUT2D eigenvalue weighted by Crippen LogP contribution is 2.29. The molecule has 3 aromatic heterocycles. The Kier molecular flexibility index (Phi) is 5.59. The molecular weight excluding hydrogens is 356 g/mol. The van der Waals surface area contributed by atoms with E-state index in [-0.39, 0.29) is 18.4 Å². The number of pyridine rings is 1. The number of amides is 2. The second-order valence-electron chi connectivity index (χ2n) is 5.51. The van der Waals surface area contributed by atoms with E-state index in [1.807, 2.05) is 17.5 Å². The molecule has 0 fully saturated rings. The number of hydrogen-bond acceptors (Lipinski definition) is 7. The van der Waals surface area contributed by atoms with Crippen LogP contribution in [-0.4, -0.2) is 48.8 Å². The Morgan fingerprint density at radius 1 is 1.35 bits per heavy atom. The highest BCUT2D eigenvalue weighted by molar-refractivity contribution is 7.13. The average molecular weight is 374 g/mol. The van der Waals surface area contributed by atoms with Gasteiger partial charge in [0.05, 0.1) is 40.4 Å². The van der Waals surface area contributed by atoms with E-state index in [0.29, 0.717) is 41.2 Å². The fourth-order valence-corrected chi connectivity index (χ4v) is 3.12. The minimum atomic E-state index is -0.386. The topological polar surface area (TPSA) is 106 Å². The van der Waals surface area contributed by atoms with Gasteiger partial charge in [-0.15, -0.1) is 11.3 Å². The Bertz CT molecular complexity index is 920. The van der Waals surface area contributed by atoms with E-state index in [4.69, 9.17) is 9.26 Å². The molecule has 0 unspecified atom stereocenters. The van der Waals surface area contributed by atoms with Crippen molar-refractivity contribution in [2.75, 3.05) is 26.8 Å². The van der Waals surface area contributed by atoms with E-state index in [1.165, 1.54) is 11.3 Å². The number of ether oxygens (including phenoxy) is 1. The summed E-state index contributed by atoms with van der Waals surface area (Å²) in [5.41, 5.74) is 1.86. The quantitative estimate of drug-likeness (QED) is 0.610. The van der Waals surface area contributed by atoms with Crippen LogP contribution in [0.3, 0.4) is 0 Å². The van der Waals surface area contributed by atoms with Crippen LogP contribution in [-0.2, 0) is 9.53 Å². The van der Waals surface area contributed by atoms with Crippen molar-refractivity contribution in [1.29, 1.82) is 0 Å². The molecule has 0 bridgehead atoms. The first-order valence-corrected chi connectivity index (χ1v) is 8.83. The van der Waals surface area contributed by atoms with Crippen LogP contribution in [0.5, 0.6) is 0 Å². The predicted molar refractivity (Wildman–Crippen MR) is 97.1 cm³/mol. The average Bonchev–Trinajstić information content (AvgIpc) is 3.29. The number of thiophene rings is 1. The molecule has 2 N–H and O–H groups in total. The van der Waals surface area contributed by atoms with Crippen LogP contribution in [0, 0.1) is 6.92 Å². The number of methoxy groups -OCH3 is 1. The number of nitrogens with one attached hydrogen (secondary N) is 2. The molecule has 0 radical (unpaired) electrons. The van der Waals surface area contributed by atoms with Gasteiger partial charge in [0.2, 0.25) is 5.91 Å². The van der Waals surface area contributed by atoms with Gasteiger partial charge in [-0.2, -0.15) is 0 Å². The summed E-state index contributed by atoms with van der Waals surface area (Å²) in [6.45, 7) is 2.41. The van der Waals surface area contributed by atoms with Gasteiger partial charge in [-0.3, -0.25) is 9.59 Å². The van der Waals surface area contributed by atoms with Crippen molar-refractivity contribution in [3.63, 3.8) is 0 Å². The second-order valence-corrected chi connectivity index (χ2v) is 6.45. The predicted octanol–water partition coefficient (Wildman–Crippen LogP) is 1.75. The van der Waals surface area contributed by atoms with Gasteiger partial charge < -0.3 is 19.9 Å². The molecule has 26 heavy (non-hydrogen) atoms. The summed E-state index contributed by atoms with van der Waals surface area (Å²) in [4.78, 5) is 29.8. The molecule has 0 spiro atoms. The molecule has 9 heteroatoms. The molecule has 3 heterocycles. The highest BCUT2D eigenvalue weighted by Gasteiger charge is 2.20. The van der Waals surface area contributed by atoms with Gasteiger partial charge in [0.15, 0.2) is 0 Å². The molecule has 3 rings (SSSR count). The van der Waals surface area contributed by atoms with Gasteiger partial charge in [0, 0.05) is 13.7 Å². The number of fused-ring (bicyclic) bond motifs is 1. The minimum Gasteiger partial charge on any atom is -0.383 e. The lowest BCUT2D eigenvalue weighted by Gasteiger charge is -2.08. The molecular formula is C17H18N4O4S. The summed E-state index contributed by atoms with van der Waals surface area (Å²) in [5, 5.41) is 11.6.